The van der Waals surface area contributed by atoms with E-state index >= 15 is 0 Å². The van der Waals surface area contributed by atoms with Crippen molar-refractivity contribution in [2.24, 2.45) is 17.6 Å². The second-order valence-corrected chi connectivity index (χ2v) is 8.65. The molecule has 0 spiro atoms. The van der Waals surface area contributed by atoms with Crippen LogP contribution in [0.5, 0.6) is 5.75 Å². The molecule has 0 aromatic heterocycles. The van der Waals surface area contributed by atoms with Gasteiger partial charge in [0.1, 0.15) is 17.8 Å². The second-order valence-electron chi connectivity index (χ2n) is 8.65. The summed E-state index contributed by atoms with van der Waals surface area (Å²) in [5, 5.41) is 26.2. The normalized spacial score (nSPS) is 14.6. The SMILES string of the molecule is CCC(C)C(NC(=O)CNC(=O)C(CC(C)C)NC(=O)C(N)Cc1ccc(O)cc1)C(=O)O. The van der Waals surface area contributed by atoms with Crippen LogP contribution in [0.25, 0.3) is 0 Å². The number of phenolic OH excluding ortho intramolecular Hbond substituents is 1. The summed E-state index contributed by atoms with van der Waals surface area (Å²) in [5.74, 6) is -2.94. The van der Waals surface area contributed by atoms with Gasteiger partial charge in [-0.1, -0.05) is 46.2 Å². The molecule has 1 aromatic rings. The maximum Gasteiger partial charge on any atom is 0.326 e. The van der Waals surface area contributed by atoms with Gasteiger partial charge < -0.3 is 31.9 Å². The number of aromatic hydroxyl groups is 1. The summed E-state index contributed by atoms with van der Waals surface area (Å²) in [6.07, 6.45) is 1.11. The number of benzene rings is 1. The fraction of sp³-hybridized carbons (Fsp3) is 0.565. The highest BCUT2D eigenvalue weighted by Crippen LogP contribution is 2.12. The molecule has 3 amide bonds. The van der Waals surface area contributed by atoms with Crippen LogP contribution < -0.4 is 21.7 Å². The topological polar surface area (TPSA) is 171 Å². The van der Waals surface area contributed by atoms with Crippen molar-refractivity contribution in [1.82, 2.24) is 16.0 Å². The van der Waals surface area contributed by atoms with Crippen LogP contribution in [0.4, 0.5) is 0 Å². The van der Waals surface area contributed by atoms with Gasteiger partial charge in [-0.15, -0.1) is 0 Å². The van der Waals surface area contributed by atoms with Crippen LogP contribution in [0.2, 0.25) is 0 Å². The molecule has 1 aromatic carbocycles. The van der Waals surface area contributed by atoms with Crippen LogP contribution in [0.1, 0.15) is 46.1 Å². The number of amides is 3. The Morgan fingerprint density at radius 1 is 1.00 bits per heavy atom. The molecule has 0 radical (unpaired) electrons. The molecule has 1 rings (SSSR count). The van der Waals surface area contributed by atoms with Crippen molar-refractivity contribution in [2.45, 2.75) is 65.1 Å². The van der Waals surface area contributed by atoms with E-state index in [4.69, 9.17) is 5.73 Å². The first-order valence-electron chi connectivity index (χ1n) is 11.1. The van der Waals surface area contributed by atoms with E-state index in [1.165, 1.54) is 12.1 Å². The summed E-state index contributed by atoms with van der Waals surface area (Å²) in [7, 11) is 0. The van der Waals surface area contributed by atoms with Crippen molar-refractivity contribution in [3.05, 3.63) is 29.8 Å². The quantitative estimate of drug-likeness (QED) is 0.247. The van der Waals surface area contributed by atoms with Gasteiger partial charge in [0.05, 0.1) is 12.6 Å². The highest BCUT2D eigenvalue weighted by Gasteiger charge is 2.27. The molecule has 33 heavy (non-hydrogen) atoms. The fourth-order valence-electron chi connectivity index (χ4n) is 3.16. The average Bonchev–Trinajstić information content (AvgIpc) is 2.75. The minimum absolute atomic E-state index is 0.0741. The van der Waals surface area contributed by atoms with E-state index in [9.17, 15) is 29.4 Å². The van der Waals surface area contributed by atoms with Gasteiger partial charge in [0.25, 0.3) is 0 Å². The lowest BCUT2D eigenvalue weighted by atomic mass is 9.99. The van der Waals surface area contributed by atoms with E-state index in [2.05, 4.69) is 16.0 Å². The van der Waals surface area contributed by atoms with Crippen LogP contribution in [0.15, 0.2) is 24.3 Å². The van der Waals surface area contributed by atoms with Crippen LogP contribution >= 0.6 is 0 Å². The van der Waals surface area contributed by atoms with Crippen molar-refractivity contribution in [2.75, 3.05) is 6.54 Å². The number of aliphatic carboxylic acids is 1. The molecule has 4 atom stereocenters. The molecule has 0 fully saturated rings. The molecule has 0 saturated carbocycles. The van der Waals surface area contributed by atoms with Gasteiger partial charge in [0.15, 0.2) is 0 Å². The number of carbonyl (C=O) groups excluding carboxylic acids is 3. The van der Waals surface area contributed by atoms with Crippen LogP contribution in [0, 0.1) is 11.8 Å². The van der Waals surface area contributed by atoms with E-state index in [1.807, 2.05) is 20.8 Å². The summed E-state index contributed by atoms with van der Waals surface area (Å²) < 4.78 is 0. The van der Waals surface area contributed by atoms with Crippen molar-refractivity contribution >= 4 is 23.7 Å². The summed E-state index contributed by atoms with van der Waals surface area (Å²) in [5.41, 5.74) is 6.74. The zero-order chi connectivity index (χ0) is 25.1. The van der Waals surface area contributed by atoms with E-state index in [0.29, 0.717) is 12.8 Å². The van der Waals surface area contributed by atoms with Gasteiger partial charge in [-0.25, -0.2) is 4.79 Å². The summed E-state index contributed by atoms with van der Waals surface area (Å²) in [6, 6.07) is 3.44. The van der Waals surface area contributed by atoms with E-state index in [0.717, 1.165) is 5.56 Å². The second kappa shape index (κ2) is 13.4. The molecular weight excluding hydrogens is 428 g/mol. The minimum Gasteiger partial charge on any atom is -0.508 e. The van der Waals surface area contributed by atoms with Crippen molar-refractivity contribution < 1.29 is 29.4 Å². The number of carbonyl (C=O) groups is 4. The summed E-state index contributed by atoms with van der Waals surface area (Å²) >= 11 is 0. The maximum atomic E-state index is 12.7. The smallest absolute Gasteiger partial charge is 0.326 e. The molecule has 0 saturated heterocycles. The molecule has 7 N–H and O–H groups in total. The number of nitrogens with one attached hydrogen (secondary N) is 3. The van der Waals surface area contributed by atoms with Crippen LogP contribution in [0.3, 0.4) is 0 Å². The van der Waals surface area contributed by atoms with E-state index in [-0.39, 0.29) is 24.0 Å². The molecule has 10 nitrogen and oxygen atoms in total. The number of carboxylic acid groups (broad SMARTS) is 1. The largest absolute Gasteiger partial charge is 0.508 e. The molecule has 184 valence electrons. The molecule has 0 heterocycles. The molecule has 0 bridgehead atoms. The van der Waals surface area contributed by atoms with E-state index < -0.39 is 48.4 Å². The molecule has 4 unspecified atom stereocenters. The van der Waals surface area contributed by atoms with Gasteiger partial charge in [-0.3, -0.25) is 14.4 Å². The van der Waals surface area contributed by atoms with Gasteiger partial charge in [0.2, 0.25) is 17.7 Å². The number of hydrogen-bond acceptors (Lipinski definition) is 6. The molecule has 10 heteroatoms. The standard InChI is InChI=1S/C23H36N4O6/c1-5-14(4)20(23(32)33)27-19(29)12-25-22(31)18(10-13(2)3)26-21(30)17(24)11-15-6-8-16(28)9-7-15/h6-9,13-14,17-18,20,28H,5,10-12,24H2,1-4H3,(H,25,31)(H,26,30)(H,27,29)(H,32,33). The zero-order valence-corrected chi connectivity index (χ0v) is 19.6. The highest BCUT2D eigenvalue weighted by atomic mass is 16.4. The first kappa shape index (κ1) is 27.9. The predicted molar refractivity (Wildman–Crippen MR) is 123 cm³/mol. The highest BCUT2D eigenvalue weighted by molar-refractivity contribution is 5.92. The maximum absolute atomic E-state index is 12.7. The Bertz CT molecular complexity index is 812. The molecule has 0 aliphatic rings. The third-order valence-corrected chi connectivity index (χ3v) is 5.29. The Kier molecular flexibility index (Phi) is 11.3. The third-order valence-electron chi connectivity index (χ3n) is 5.29. The first-order chi connectivity index (χ1) is 15.4. The molecule has 0 aliphatic carbocycles. The van der Waals surface area contributed by atoms with Gasteiger partial charge in [0, 0.05) is 0 Å². The number of rotatable bonds is 13. The fourth-order valence-corrected chi connectivity index (χ4v) is 3.16. The Morgan fingerprint density at radius 2 is 1.61 bits per heavy atom. The Labute approximate surface area is 194 Å². The average molecular weight is 465 g/mol. The summed E-state index contributed by atoms with van der Waals surface area (Å²) in [4.78, 5) is 48.8. The predicted octanol–water partition coefficient (Wildman–Crippen LogP) is 0.525. The van der Waals surface area contributed by atoms with Gasteiger partial charge in [-0.2, -0.15) is 0 Å². The van der Waals surface area contributed by atoms with Crippen molar-refractivity contribution in [3.8, 4) is 5.75 Å². The van der Waals surface area contributed by atoms with Crippen molar-refractivity contribution in [3.63, 3.8) is 0 Å². The minimum atomic E-state index is -1.14. The summed E-state index contributed by atoms with van der Waals surface area (Å²) in [6.45, 7) is 6.90. The lowest BCUT2D eigenvalue weighted by molar-refractivity contribution is -0.143. The lowest BCUT2D eigenvalue weighted by Gasteiger charge is -2.23. The van der Waals surface area contributed by atoms with Crippen molar-refractivity contribution in [1.29, 1.82) is 0 Å². The van der Waals surface area contributed by atoms with E-state index in [1.54, 1.807) is 19.1 Å². The molecule has 0 aliphatic heterocycles. The van der Waals surface area contributed by atoms with Gasteiger partial charge >= 0.3 is 5.97 Å². The van der Waals surface area contributed by atoms with Crippen LogP contribution in [-0.4, -0.2) is 58.6 Å². The Balaban J connectivity index is 2.69. The number of phenols is 1. The zero-order valence-electron chi connectivity index (χ0n) is 19.6. The number of hydrogen-bond donors (Lipinski definition) is 6. The van der Waals surface area contributed by atoms with Gasteiger partial charge in [-0.05, 0) is 42.4 Å². The lowest BCUT2D eigenvalue weighted by Crippen LogP contribution is -2.54. The molecular formula is C23H36N4O6. The third kappa shape index (κ3) is 9.90. The Hall–Kier alpha value is -3.14. The van der Waals surface area contributed by atoms with Crippen LogP contribution in [-0.2, 0) is 25.6 Å². The number of carboxylic acids is 1. The monoisotopic (exact) mass is 464 g/mol. The number of nitrogens with two attached hydrogens (primary N) is 1. The Morgan fingerprint density at radius 3 is 2.12 bits per heavy atom. The first-order valence-corrected chi connectivity index (χ1v) is 11.1.